The number of carbonyl (C=O) groups is 1. The number of aromatic hydroxyl groups is 1. The van der Waals surface area contributed by atoms with Crippen LogP contribution in [-0.2, 0) is 17.4 Å². The van der Waals surface area contributed by atoms with E-state index >= 15 is 0 Å². The van der Waals surface area contributed by atoms with Gasteiger partial charge in [-0.3, -0.25) is 0 Å². The molecule has 0 heterocycles. The number of carbonyl (C=O) groups excluding carboxylic acids is 1. The van der Waals surface area contributed by atoms with Gasteiger partial charge < -0.3 is 21.5 Å². The zero-order chi connectivity index (χ0) is 20.4. The zero-order valence-corrected chi connectivity index (χ0v) is 17.1. The fourth-order valence-electron chi connectivity index (χ4n) is 2.84. The molecule has 146 valence electrons. The summed E-state index contributed by atoms with van der Waals surface area (Å²) in [6.45, 7) is 12.7. The Labute approximate surface area is 162 Å². The summed E-state index contributed by atoms with van der Waals surface area (Å²) in [6.07, 6.45) is 0. The van der Waals surface area contributed by atoms with E-state index < -0.39 is 0 Å². The zero-order valence-electron chi connectivity index (χ0n) is 17.1. The van der Waals surface area contributed by atoms with Crippen molar-refractivity contribution in [2.45, 2.75) is 58.9 Å². The maximum absolute atomic E-state index is 12.4. The standard InChI is InChI=1S/C22H31N3O2/c1-21(2,3)17-11-16(12-18(19(17)26)22(4,5)6)25-20(27)24-13-14-7-9-15(23)10-8-14/h7-12,26H,13,23H2,1-6H3,(H2,24,25,27). The Bertz CT molecular complexity index is 778. The van der Waals surface area contributed by atoms with Crippen LogP contribution in [0.3, 0.4) is 0 Å². The van der Waals surface area contributed by atoms with Gasteiger partial charge in [0.15, 0.2) is 0 Å². The van der Waals surface area contributed by atoms with Crippen LogP contribution in [0.2, 0.25) is 0 Å². The summed E-state index contributed by atoms with van der Waals surface area (Å²) in [7, 11) is 0. The lowest BCUT2D eigenvalue weighted by Gasteiger charge is -2.28. The van der Waals surface area contributed by atoms with Gasteiger partial charge >= 0.3 is 6.03 Å². The van der Waals surface area contributed by atoms with Crippen molar-refractivity contribution in [3.8, 4) is 5.75 Å². The van der Waals surface area contributed by atoms with E-state index in [-0.39, 0.29) is 16.9 Å². The highest BCUT2D eigenvalue weighted by atomic mass is 16.3. The SMILES string of the molecule is CC(C)(C)c1cc(NC(=O)NCc2ccc(N)cc2)cc(C(C)(C)C)c1O. The number of phenols is 1. The van der Waals surface area contributed by atoms with E-state index in [1.54, 1.807) is 12.1 Å². The maximum Gasteiger partial charge on any atom is 0.319 e. The summed E-state index contributed by atoms with van der Waals surface area (Å²) in [4.78, 5) is 12.4. The second-order valence-electron chi connectivity index (χ2n) is 8.97. The molecule has 2 rings (SSSR count). The van der Waals surface area contributed by atoms with Gasteiger partial charge in [0.25, 0.3) is 0 Å². The first-order valence-electron chi connectivity index (χ1n) is 9.15. The molecule has 0 atom stereocenters. The van der Waals surface area contributed by atoms with Crippen LogP contribution in [0.4, 0.5) is 16.2 Å². The van der Waals surface area contributed by atoms with Crippen molar-refractivity contribution in [1.82, 2.24) is 5.32 Å². The van der Waals surface area contributed by atoms with Gasteiger partial charge in [-0.15, -0.1) is 0 Å². The highest BCUT2D eigenvalue weighted by molar-refractivity contribution is 5.89. The lowest BCUT2D eigenvalue weighted by Crippen LogP contribution is -2.28. The molecule has 0 aliphatic carbocycles. The third-order valence-corrected chi connectivity index (χ3v) is 4.42. The first-order chi connectivity index (χ1) is 12.4. The van der Waals surface area contributed by atoms with Crippen molar-refractivity contribution in [2.75, 3.05) is 11.1 Å². The number of rotatable bonds is 3. The molecular formula is C22H31N3O2. The summed E-state index contributed by atoms with van der Waals surface area (Å²) in [5.74, 6) is 0.294. The van der Waals surface area contributed by atoms with Crippen molar-refractivity contribution in [3.63, 3.8) is 0 Å². The van der Waals surface area contributed by atoms with Crippen LogP contribution in [0, 0.1) is 0 Å². The van der Waals surface area contributed by atoms with E-state index in [1.807, 2.05) is 65.8 Å². The van der Waals surface area contributed by atoms with E-state index in [2.05, 4.69) is 10.6 Å². The Morgan fingerprint density at radius 2 is 1.44 bits per heavy atom. The molecule has 0 fully saturated rings. The highest BCUT2D eigenvalue weighted by Gasteiger charge is 2.26. The Kier molecular flexibility index (Phi) is 5.73. The van der Waals surface area contributed by atoms with Gasteiger partial charge in [-0.25, -0.2) is 4.79 Å². The van der Waals surface area contributed by atoms with Crippen LogP contribution in [0.15, 0.2) is 36.4 Å². The molecule has 5 heteroatoms. The number of amides is 2. The molecule has 0 saturated heterocycles. The number of urea groups is 1. The summed E-state index contributed by atoms with van der Waals surface area (Å²) in [6, 6.07) is 10.8. The third-order valence-electron chi connectivity index (χ3n) is 4.42. The molecule has 5 N–H and O–H groups in total. The maximum atomic E-state index is 12.4. The van der Waals surface area contributed by atoms with E-state index in [1.165, 1.54) is 0 Å². The molecule has 2 aromatic carbocycles. The fourth-order valence-corrected chi connectivity index (χ4v) is 2.84. The number of hydrogen-bond acceptors (Lipinski definition) is 3. The van der Waals surface area contributed by atoms with Gasteiger partial charge in [-0.05, 0) is 40.7 Å². The predicted molar refractivity (Wildman–Crippen MR) is 112 cm³/mol. The average Bonchev–Trinajstić information content (AvgIpc) is 2.53. The van der Waals surface area contributed by atoms with Crippen LogP contribution >= 0.6 is 0 Å². The van der Waals surface area contributed by atoms with Crippen molar-refractivity contribution < 1.29 is 9.90 Å². The molecule has 27 heavy (non-hydrogen) atoms. The number of benzene rings is 2. The minimum absolute atomic E-state index is 0.248. The van der Waals surface area contributed by atoms with Crippen LogP contribution in [0.5, 0.6) is 5.75 Å². The summed E-state index contributed by atoms with van der Waals surface area (Å²) < 4.78 is 0. The fraction of sp³-hybridized carbons (Fsp3) is 0.409. The van der Waals surface area contributed by atoms with E-state index in [0.29, 0.717) is 23.7 Å². The highest BCUT2D eigenvalue weighted by Crippen LogP contribution is 2.40. The molecule has 0 aromatic heterocycles. The van der Waals surface area contributed by atoms with Crippen LogP contribution < -0.4 is 16.4 Å². The molecule has 2 amide bonds. The van der Waals surface area contributed by atoms with Crippen molar-refractivity contribution in [1.29, 1.82) is 0 Å². The van der Waals surface area contributed by atoms with Gasteiger partial charge in [0.05, 0.1) is 0 Å². The number of nitrogen functional groups attached to an aromatic ring is 1. The first kappa shape index (κ1) is 20.6. The average molecular weight is 370 g/mol. The van der Waals surface area contributed by atoms with Gasteiger partial charge in [0.2, 0.25) is 0 Å². The molecule has 0 radical (unpaired) electrons. The number of anilines is 2. The molecule has 0 unspecified atom stereocenters. The van der Waals surface area contributed by atoms with E-state index in [4.69, 9.17) is 5.73 Å². The van der Waals surface area contributed by atoms with E-state index in [0.717, 1.165) is 16.7 Å². The van der Waals surface area contributed by atoms with Gasteiger partial charge in [0.1, 0.15) is 5.75 Å². The first-order valence-corrected chi connectivity index (χ1v) is 9.15. The number of hydrogen-bond donors (Lipinski definition) is 4. The Hall–Kier alpha value is -2.69. The minimum Gasteiger partial charge on any atom is -0.507 e. The van der Waals surface area contributed by atoms with Crippen molar-refractivity contribution in [2.24, 2.45) is 0 Å². The Morgan fingerprint density at radius 1 is 0.963 bits per heavy atom. The second-order valence-corrected chi connectivity index (χ2v) is 8.97. The van der Waals surface area contributed by atoms with Crippen LogP contribution in [0.25, 0.3) is 0 Å². The molecular weight excluding hydrogens is 338 g/mol. The normalized spacial score (nSPS) is 11.9. The third kappa shape index (κ3) is 5.39. The van der Waals surface area contributed by atoms with Crippen molar-refractivity contribution >= 4 is 17.4 Å². The summed E-state index contributed by atoms with van der Waals surface area (Å²) >= 11 is 0. The minimum atomic E-state index is -0.294. The summed E-state index contributed by atoms with van der Waals surface area (Å²) in [5.41, 5.74) is 9.12. The van der Waals surface area contributed by atoms with Gasteiger partial charge in [-0.2, -0.15) is 0 Å². The lowest BCUT2D eigenvalue weighted by molar-refractivity contribution is 0.251. The molecule has 0 saturated carbocycles. The van der Waals surface area contributed by atoms with Gasteiger partial charge in [-0.1, -0.05) is 53.7 Å². The molecule has 0 bridgehead atoms. The Balaban J connectivity index is 2.21. The number of nitrogens with one attached hydrogen (secondary N) is 2. The largest absolute Gasteiger partial charge is 0.507 e. The summed E-state index contributed by atoms with van der Waals surface area (Å²) in [5, 5.41) is 16.5. The monoisotopic (exact) mass is 369 g/mol. The molecule has 0 aliphatic heterocycles. The van der Waals surface area contributed by atoms with E-state index in [9.17, 15) is 9.90 Å². The smallest absolute Gasteiger partial charge is 0.319 e. The van der Waals surface area contributed by atoms with Crippen molar-refractivity contribution in [3.05, 3.63) is 53.1 Å². The molecule has 0 spiro atoms. The quantitative estimate of drug-likeness (QED) is 0.459. The Morgan fingerprint density at radius 3 is 1.89 bits per heavy atom. The molecule has 5 nitrogen and oxygen atoms in total. The predicted octanol–water partition coefficient (Wildman–Crippen LogP) is 4.89. The number of phenolic OH excluding ortho intramolecular Hbond substituents is 1. The van der Waals surface area contributed by atoms with Gasteiger partial charge in [0, 0.05) is 29.0 Å². The topological polar surface area (TPSA) is 87.4 Å². The molecule has 0 aliphatic rings. The second kappa shape index (κ2) is 7.51. The van der Waals surface area contributed by atoms with Crippen LogP contribution in [-0.4, -0.2) is 11.1 Å². The number of nitrogens with two attached hydrogens (primary N) is 1. The molecule has 2 aromatic rings. The lowest BCUT2D eigenvalue weighted by atomic mass is 9.79. The van der Waals surface area contributed by atoms with Crippen LogP contribution in [0.1, 0.15) is 58.2 Å².